The summed E-state index contributed by atoms with van der Waals surface area (Å²) in [5.74, 6) is -6.75. The van der Waals surface area contributed by atoms with Crippen molar-refractivity contribution in [2.45, 2.75) is 30.7 Å². The molecular weight excluding hydrogens is 473 g/mol. The molecule has 0 N–H and O–H groups in total. The lowest BCUT2D eigenvalue weighted by Gasteiger charge is -2.43. The molecule has 2 heterocycles. The first kappa shape index (κ1) is 24.7. The maximum atomic E-state index is 14.6. The molecule has 0 bridgehead atoms. The lowest BCUT2D eigenvalue weighted by molar-refractivity contribution is -0.290. The van der Waals surface area contributed by atoms with E-state index >= 15 is 0 Å². The topological polar surface area (TPSA) is 48.1 Å². The van der Waals surface area contributed by atoms with E-state index in [1.54, 1.807) is 6.92 Å². The van der Waals surface area contributed by atoms with Crippen LogP contribution in [-0.4, -0.2) is 56.2 Å². The lowest BCUT2D eigenvalue weighted by atomic mass is 9.89. The molecule has 2 fully saturated rings. The summed E-state index contributed by atoms with van der Waals surface area (Å²) in [6.07, 6.45) is -5.74. The highest BCUT2D eigenvalue weighted by atomic mass is 19.4. The van der Waals surface area contributed by atoms with E-state index in [1.165, 1.54) is 30.3 Å². The number of epoxide rings is 1. The highest BCUT2D eigenvalue weighted by Gasteiger charge is 2.62. The molecule has 0 aliphatic carbocycles. The summed E-state index contributed by atoms with van der Waals surface area (Å²) < 4.78 is 102. The number of ether oxygens (including phenoxy) is 2. The fraction of sp³-hybridized carbons (Fsp3) is 0.455. The van der Waals surface area contributed by atoms with E-state index < -0.39 is 42.0 Å². The number of rotatable bonds is 7. The van der Waals surface area contributed by atoms with E-state index in [2.05, 4.69) is 4.74 Å². The van der Waals surface area contributed by atoms with Crippen LogP contribution >= 0.6 is 0 Å². The van der Waals surface area contributed by atoms with Crippen LogP contribution in [0.5, 0.6) is 5.75 Å². The monoisotopic (exact) mass is 494 g/mol. The fourth-order valence-electron chi connectivity index (χ4n) is 4.49. The van der Waals surface area contributed by atoms with Crippen LogP contribution in [0, 0.1) is 16.8 Å². The fourth-order valence-corrected chi connectivity index (χ4v) is 4.49. The summed E-state index contributed by atoms with van der Waals surface area (Å²) in [6.45, 7) is 0.475. The van der Waals surface area contributed by atoms with Gasteiger partial charge in [-0.05, 0) is 31.2 Å². The Kier molecular flexibility index (Phi) is 6.08. The lowest BCUT2D eigenvalue weighted by Crippen LogP contribution is -2.59. The van der Waals surface area contributed by atoms with Crippen molar-refractivity contribution in [1.29, 1.82) is 0 Å². The van der Waals surface area contributed by atoms with Crippen LogP contribution < -0.4 is 9.22 Å². The maximum absolute atomic E-state index is 14.6. The Hall–Kier alpha value is -2.41. The Labute approximate surface area is 190 Å². The Bertz CT molecular complexity index is 1040. The number of quaternary nitrogens is 1. The van der Waals surface area contributed by atoms with Crippen LogP contribution in [0.3, 0.4) is 0 Å². The minimum Gasteiger partial charge on any atom is -0.781 e. The van der Waals surface area contributed by atoms with Gasteiger partial charge in [0.25, 0.3) is 0 Å². The molecule has 2 aromatic carbocycles. The van der Waals surface area contributed by atoms with Gasteiger partial charge >= 0.3 is 12.1 Å². The second-order valence-electron chi connectivity index (χ2n) is 8.57. The van der Waals surface area contributed by atoms with Crippen LogP contribution in [-0.2, 0) is 10.3 Å². The summed E-state index contributed by atoms with van der Waals surface area (Å²) in [6, 6.07) is 8.05. The minimum atomic E-state index is -5.74. The van der Waals surface area contributed by atoms with E-state index in [1.807, 2.05) is 0 Å². The molecule has 1 unspecified atom stereocenters. The number of benzene rings is 2. The predicted molar refractivity (Wildman–Crippen MR) is 108 cm³/mol. The highest BCUT2D eigenvalue weighted by molar-refractivity contribution is 5.49. The van der Waals surface area contributed by atoms with E-state index in [-0.39, 0.29) is 35.6 Å². The molecule has 2 saturated heterocycles. The number of hydrogen-bond donors (Lipinski definition) is 0. The zero-order valence-corrected chi connectivity index (χ0v) is 17.9. The Morgan fingerprint density at radius 3 is 2.26 bits per heavy atom. The van der Waals surface area contributed by atoms with Crippen LogP contribution in [0.1, 0.15) is 12.5 Å². The van der Waals surface area contributed by atoms with Crippen molar-refractivity contribution in [3.8, 4) is 5.75 Å². The van der Waals surface area contributed by atoms with Gasteiger partial charge in [-0.15, -0.1) is 0 Å². The van der Waals surface area contributed by atoms with Crippen molar-refractivity contribution in [1.82, 2.24) is 9.55 Å². The summed E-state index contributed by atoms with van der Waals surface area (Å²) in [5.41, 5.74) is -0.428. The average Bonchev–Trinajstić information content (AvgIpc) is 3.46. The predicted octanol–water partition coefficient (Wildman–Crippen LogP) is 4.93. The maximum Gasteiger partial charge on any atom is 0.456 e. The Morgan fingerprint density at radius 1 is 1.12 bits per heavy atom. The van der Waals surface area contributed by atoms with Crippen LogP contribution in [0.4, 0.5) is 36.4 Å². The number of alkyl halides is 5. The summed E-state index contributed by atoms with van der Waals surface area (Å²) in [5, 5.41) is 13.0. The number of halogens is 7. The standard InChI is InChI=1S/C22H21F7N2O3/c1-14(20(11-34-20)18-7-2-15(23)10-19(18)24)31(9-8-30(32)13-31)16-3-5-17(6-4-16)33-12-21(25,26)22(27,28)29/h2-7,10,14H,8-9,11-13H2,1H3/t14-,20+,31?/m1/s1. The van der Waals surface area contributed by atoms with Gasteiger partial charge < -0.3 is 19.7 Å². The third-order valence-electron chi connectivity index (χ3n) is 6.60. The second kappa shape index (κ2) is 8.36. The molecule has 2 aliphatic heterocycles. The third kappa shape index (κ3) is 4.23. The van der Waals surface area contributed by atoms with Crippen molar-refractivity contribution in [3.05, 3.63) is 64.9 Å². The molecule has 3 atom stereocenters. The molecule has 186 valence electrons. The van der Waals surface area contributed by atoms with Crippen LogP contribution in [0.25, 0.3) is 0 Å². The molecular formula is C22H21F7N2O3. The summed E-state index contributed by atoms with van der Waals surface area (Å²) >= 11 is 0. The first-order valence-corrected chi connectivity index (χ1v) is 10.4. The normalized spacial score (nSPS) is 26.5. The van der Waals surface area contributed by atoms with Gasteiger partial charge in [-0.3, -0.25) is 4.48 Å². The van der Waals surface area contributed by atoms with Crippen LogP contribution in [0.2, 0.25) is 0 Å². The van der Waals surface area contributed by atoms with Crippen molar-refractivity contribution in [2.24, 2.45) is 0 Å². The van der Waals surface area contributed by atoms with E-state index in [9.17, 15) is 35.9 Å². The van der Waals surface area contributed by atoms with Gasteiger partial charge in [0.05, 0.1) is 13.2 Å². The van der Waals surface area contributed by atoms with Gasteiger partial charge in [0.1, 0.15) is 35.8 Å². The molecule has 0 radical (unpaired) electrons. The molecule has 12 heteroatoms. The molecule has 2 aromatic rings. The van der Waals surface area contributed by atoms with E-state index in [0.717, 1.165) is 17.2 Å². The molecule has 34 heavy (non-hydrogen) atoms. The van der Waals surface area contributed by atoms with Crippen molar-refractivity contribution >= 4 is 5.69 Å². The van der Waals surface area contributed by atoms with Gasteiger partial charge in [0, 0.05) is 30.3 Å². The van der Waals surface area contributed by atoms with Gasteiger partial charge in [0.2, 0.25) is 0 Å². The quantitative estimate of drug-likeness (QED) is 0.311. The smallest absolute Gasteiger partial charge is 0.456 e. The highest BCUT2D eigenvalue weighted by Crippen LogP contribution is 2.49. The number of hydrogen-bond acceptors (Lipinski definition) is 4. The van der Waals surface area contributed by atoms with Gasteiger partial charge in [-0.1, -0.05) is 0 Å². The van der Waals surface area contributed by atoms with E-state index in [4.69, 9.17) is 4.74 Å². The van der Waals surface area contributed by atoms with Crippen molar-refractivity contribution in [2.75, 3.05) is 33.0 Å². The first-order valence-electron chi connectivity index (χ1n) is 10.4. The minimum absolute atomic E-state index is 0.0132. The molecule has 0 saturated carbocycles. The largest absolute Gasteiger partial charge is 0.781 e. The summed E-state index contributed by atoms with van der Waals surface area (Å²) in [7, 11) is 0. The Morgan fingerprint density at radius 2 is 1.76 bits per heavy atom. The third-order valence-corrected chi connectivity index (χ3v) is 6.60. The Balaban J connectivity index is 1.61. The molecule has 0 aromatic heterocycles. The summed E-state index contributed by atoms with van der Waals surface area (Å²) in [4.78, 5) is 0. The average molecular weight is 494 g/mol. The second-order valence-corrected chi connectivity index (χ2v) is 8.57. The van der Waals surface area contributed by atoms with Crippen molar-refractivity contribution in [3.63, 3.8) is 0 Å². The molecule has 0 amide bonds. The molecule has 5 nitrogen and oxygen atoms in total. The molecule has 2 aliphatic rings. The molecule has 4 rings (SSSR count). The molecule has 0 spiro atoms. The van der Waals surface area contributed by atoms with Crippen LogP contribution in [0.15, 0.2) is 42.5 Å². The van der Waals surface area contributed by atoms with Gasteiger partial charge in [0.15, 0.2) is 12.2 Å². The first-order chi connectivity index (χ1) is 15.8. The zero-order valence-electron chi connectivity index (χ0n) is 17.9. The SMILES string of the molecule is C[C@H]([C@]1(c2ccc(F)cc2F)CO1)[N+]1(c2ccc(OCC(F)(F)C(F)(F)F)cc2)CCN([O-])C1. The van der Waals surface area contributed by atoms with Gasteiger partial charge in [-0.25, -0.2) is 8.78 Å². The zero-order chi connectivity index (χ0) is 24.9. The van der Waals surface area contributed by atoms with E-state index in [0.29, 0.717) is 12.2 Å². The number of nitrogens with zero attached hydrogens (tertiary/aromatic N) is 2. The van der Waals surface area contributed by atoms with Crippen molar-refractivity contribution < 1.29 is 40.2 Å². The number of hydroxylamine groups is 2. The van der Waals surface area contributed by atoms with Gasteiger partial charge in [-0.2, -0.15) is 22.0 Å².